The summed E-state index contributed by atoms with van der Waals surface area (Å²) < 4.78 is 39.8. The Morgan fingerprint density at radius 1 is 0.441 bits per heavy atom. The maximum absolute atomic E-state index is 5.87. The van der Waals surface area contributed by atoms with Crippen molar-refractivity contribution >= 4 is 0 Å². The molecular formula is C27H32O7. The number of methoxy groups -OCH3 is 7. The first-order valence-electron chi connectivity index (χ1n) is 10.7. The van der Waals surface area contributed by atoms with Gasteiger partial charge in [0.15, 0.2) is 0 Å². The van der Waals surface area contributed by atoms with E-state index in [1.54, 1.807) is 49.8 Å². The molecule has 0 amide bonds. The number of hydrogen-bond acceptors (Lipinski definition) is 7. The lowest BCUT2D eigenvalue weighted by Crippen LogP contribution is -2.28. The fourth-order valence-corrected chi connectivity index (χ4v) is 4.34. The Kier molecular flexibility index (Phi) is 7.66. The molecule has 0 bridgehead atoms. The first-order valence-corrected chi connectivity index (χ1v) is 10.7. The van der Waals surface area contributed by atoms with E-state index < -0.39 is 5.41 Å². The van der Waals surface area contributed by atoms with Gasteiger partial charge in [0.2, 0.25) is 0 Å². The SMILES string of the molecule is COc1ccc(C(C)(c2ccc(OC)cc2OC)c2c(OC)cc(OC)cc2OC)c(OC)c1. The van der Waals surface area contributed by atoms with Gasteiger partial charge in [-0.1, -0.05) is 12.1 Å². The highest BCUT2D eigenvalue weighted by molar-refractivity contribution is 5.67. The molecule has 0 saturated heterocycles. The standard InChI is InChI=1S/C27H32O7/c1-27(20-11-9-17(28-2)13-22(20)31-5,21-12-10-18(29-3)14-23(21)32-6)26-24(33-7)15-19(30-4)16-25(26)34-8/h9-16H,1-8H3. The molecule has 0 aliphatic rings. The van der Waals surface area contributed by atoms with Crippen molar-refractivity contribution in [1.82, 2.24) is 0 Å². The highest BCUT2D eigenvalue weighted by Gasteiger charge is 2.41. The lowest BCUT2D eigenvalue weighted by molar-refractivity contribution is 0.352. The second kappa shape index (κ2) is 10.5. The van der Waals surface area contributed by atoms with E-state index in [1.165, 1.54) is 0 Å². The lowest BCUT2D eigenvalue weighted by atomic mass is 9.69. The highest BCUT2D eigenvalue weighted by atomic mass is 16.5. The highest BCUT2D eigenvalue weighted by Crippen LogP contribution is 2.53. The van der Waals surface area contributed by atoms with Crippen LogP contribution in [0.15, 0.2) is 48.5 Å². The molecule has 34 heavy (non-hydrogen) atoms. The minimum absolute atomic E-state index is 0.592. The van der Waals surface area contributed by atoms with Gasteiger partial charge < -0.3 is 33.2 Å². The van der Waals surface area contributed by atoms with Crippen LogP contribution in [0.3, 0.4) is 0 Å². The summed E-state index contributed by atoms with van der Waals surface area (Å²) in [6.45, 7) is 2.08. The molecule has 0 aliphatic carbocycles. The van der Waals surface area contributed by atoms with Crippen LogP contribution in [-0.4, -0.2) is 49.8 Å². The summed E-state index contributed by atoms with van der Waals surface area (Å²) in [7, 11) is 11.3. The molecule has 7 nitrogen and oxygen atoms in total. The normalized spacial score (nSPS) is 10.9. The van der Waals surface area contributed by atoms with Gasteiger partial charge in [0, 0.05) is 35.4 Å². The Balaban J connectivity index is 2.50. The summed E-state index contributed by atoms with van der Waals surface area (Å²) in [5.74, 6) is 4.43. The van der Waals surface area contributed by atoms with Crippen LogP contribution in [0.2, 0.25) is 0 Å². The average Bonchev–Trinajstić information content (AvgIpc) is 2.90. The summed E-state index contributed by atoms with van der Waals surface area (Å²) in [4.78, 5) is 0. The van der Waals surface area contributed by atoms with Gasteiger partial charge in [0.25, 0.3) is 0 Å². The minimum atomic E-state index is -0.849. The van der Waals surface area contributed by atoms with Gasteiger partial charge in [-0.25, -0.2) is 0 Å². The van der Waals surface area contributed by atoms with Crippen molar-refractivity contribution in [2.45, 2.75) is 12.3 Å². The molecule has 3 aromatic rings. The van der Waals surface area contributed by atoms with Gasteiger partial charge >= 0.3 is 0 Å². The molecular weight excluding hydrogens is 436 g/mol. The van der Waals surface area contributed by atoms with Crippen LogP contribution >= 0.6 is 0 Å². The zero-order chi connectivity index (χ0) is 24.9. The lowest BCUT2D eigenvalue weighted by Gasteiger charge is -2.36. The Morgan fingerprint density at radius 3 is 1.12 bits per heavy atom. The van der Waals surface area contributed by atoms with E-state index in [0.29, 0.717) is 40.2 Å². The number of ether oxygens (including phenoxy) is 7. The van der Waals surface area contributed by atoms with Crippen molar-refractivity contribution in [3.63, 3.8) is 0 Å². The van der Waals surface area contributed by atoms with Crippen LogP contribution in [0.4, 0.5) is 0 Å². The third kappa shape index (κ3) is 4.25. The molecule has 0 fully saturated rings. The summed E-state index contributed by atoms with van der Waals surface area (Å²) in [6.07, 6.45) is 0. The molecule has 3 rings (SSSR count). The van der Waals surface area contributed by atoms with Crippen LogP contribution < -0.4 is 33.2 Å². The minimum Gasteiger partial charge on any atom is -0.497 e. The molecule has 0 aromatic heterocycles. The second-order valence-electron chi connectivity index (χ2n) is 7.66. The Bertz CT molecular complexity index is 1060. The zero-order valence-corrected chi connectivity index (χ0v) is 21.0. The van der Waals surface area contributed by atoms with Crippen molar-refractivity contribution in [2.24, 2.45) is 0 Å². The summed E-state index contributed by atoms with van der Waals surface area (Å²) >= 11 is 0. The summed E-state index contributed by atoms with van der Waals surface area (Å²) in [6, 6.07) is 15.1. The third-order valence-electron chi connectivity index (χ3n) is 6.11. The number of benzene rings is 3. The second-order valence-corrected chi connectivity index (χ2v) is 7.66. The molecule has 0 spiro atoms. The van der Waals surface area contributed by atoms with Crippen molar-refractivity contribution in [1.29, 1.82) is 0 Å². The van der Waals surface area contributed by atoms with E-state index in [9.17, 15) is 0 Å². The largest absolute Gasteiger partial charge is 0.497 e. The third-order valence-corrected chi connectivity index (χ3v) is 6.11. The Labute approximate surface area is 201 Å². The zero-order valence-electron chi connectivity index (χ0n) is 21.0. The van der Waals surface area contributed by atoms with Crippen LogP contribution in [0.25, 0.3) is 0 Å². The van der Waals surface area contributed by atoms with Crippen LogP contribution in [-0.2, 0) is 5.41 Å². The predicted molar refractivity (Wildman–Crippen MR) is 131 cm³/mol. The Hall–Kier alpha value is -3.74. The van der Waals surface area contributed by atoms with Gasteiger partial charge in [0.05, 0.1) is 60.7 Å². The van der Waals surface area contributed by atoms with Gasteiger partial charge in [-0.15, -0.1) is 0 Å². The molecule has 0 N–H and O–H groups in total. The van der Waals surface area contributed by atoms with Crippen molar-refractivity contribution in [3.8, 4) is 40.2 Å². The smallest absolute Gasteiger partial charge is 0.130 e. The van der Waals surface area contributed by atoms with E-state index in [1.807, 2.05) is 48.5 Å². The van der Waals surface area contributed by atoms with Crippen molar-refractivity contribution in [2.75, 3.05) is 49.8 Å². The van der Waals surface area contributed by atoms with Crippen molar-refractivity contribution < 1.29 is 33.2 Å². The first-order chi connectivity index (χ1) is 16.4. The molecule has 7 heteroatoms. The average molecular weight is 469 g/mol. The topological polar surface area (TPSA) is 64.6 Å². The first kappa shape index (κ1) is 24.9. The molecule has 0 saturated carbocycles. The predicted octanol–water partition coefficient (Wildman–Crippen LogP) is 5.10. The molecule has 3 aromatic carbocycles. The van der Waals surface area contributed by atoms with E-state index in [0.717, 1.165) is 16.7 Å². The molecule has 0 atom stereocenters. The summed E-state index contributed by atoms with van der Waals surface area (Å²) in [5.41, 5.74) is 1.66. The molecule has 0 heterocycles. The Morgan fingerprint density at radius 2 is 0.794 bits per heavy atom. The van der Waals surface area contributed by atoms with Gasteiger partial charge in [-0.2, -0.15) is 0 Å². The van der Waals surface area contributed by atoms with Crippen LogP contribution in [0, 0.1) is 0 Å². The van der Waals surface area contributed by atoms with Gasteiger partial charge in [-0.3, -0.25) is 0 Å². The molecule has 182 valence electrons. The fourth-order valence-electron chi connectivity index (χ4n) is 4.34. The van der Waals surface area contributed by atoms with Crippen molar-refractivity contribution in [3.05, 3.63) is 65.2 Å². The number of rotatable bonds is 10. The maximum atomic E-state index is 5.87. The molecule has 0 radical (unpaired) electrons. The van der Waals surface area contributed by atoms with E-state index in [-0.39, 0.29) is 0 Å². The monoisotopic (exact) mass is 468 g/mol. The van der Waals surface area contributed by atoms with E-state index in [2.05, 4.69) is 6.92 Å². The van der Waals surface area contributed by atoms with Gasteiger partial charge in [0.1, 0.15) is 40.2 Å². The quantitative estimate of drug-likeness (QED) is 0.384. The molecule has 0 unspecified atom stereocenters. The van der Waals surface area contributed by atoms with Gasteiger partial charge in [-0.05, 0) is 19.1 Å². The maximum Gasteiger partial charge on any atom is 0.130 e. The fraction of sp³-hybridized carbons (Fsp3) is 0.333. The number of hydrogen-bond donors (Lipinski definition) is 0. The molecule has 0 aliphatic heterocycles. The van der Waals surface area contributed by atoms with Crippen LogP contribution in [0.5, 0.6) is 40.2 Å². The van der Waals surface area contributed by atoms with E-state index in [4.69, 9.17) is 33.2 Å². The van der Waals surface area contributed by atoms with E-state index >= 15 is 0 Å². The summed E-state index contributed by atoms with van der Waals surface area (Å²) in [5, 5.41) is 0. The van der Waals surface area contributed by atoms with Crippen LogP contribution in [0.1, 0.15) is 23.6 Å².